The van der Waals surface area contributed by atoms with Gasteiger partial charge in [-0.1, -0.05) is 54.6 Å². The van der Waals surface area contributed by atoms with Gasteiger partial charge in [-0.05, 0) is 65.8 Å². The minimum absolute atomic E-state index is 0.0700. The van der Waals surface area contributed by atoms with Gasteiger partial charge in [0.25, 0.3) is 0 Å². The summed E-state index contributed by atoms with van der Waals surface area (Å²) in [5, 5.41) is 12.3. The number of nitrogens with zero attached hydrogens (tertiary/aromatic N) is 1. The largest absolute Gasteiger partial charge is 0.489 e. The minimum atomic E-state index is -1.09. The minimum Gasteiger partial charge on any atom is -0.489 e. The molecule has 2 amide bonds. The molecule has 0 aliphatic carbocycles. The summed E-state index contributed by atoms with van der Waals surface area (Å²) in [4.78, 5) is 38.7. The number of amides is 2. The van der Waals surface area contributed by atoms with Crippen molar-refractivity contribution in [2.45, 2.75) is 38.3 Å². The van der Waals surface area contributed by atoms with Crippen molar-refractivity contribution >= 4 is 23.9 Å². The van der Waals surface area contributed by atoms with Gasteiger partial charge in [0, 0.05) is 32.0 Å². The average Bonchev–Trinajstić information content (AvgIpc) is 2.97. The molecule has 1 saturated heterocycles. The summed E-state index contributed by atoms with van der Waals surface area (Å²) < 4.78 is 18.8. The highest BCUT2D eigenvalue weighted by molar-refractivity contribution is 5.91. The Balaban J connectivity index is 1.20. The van der Waals surface area contributed by atoms with E-state index >= 15 is 0 Å². The number of hydrogen-bond donors (Lipinski definition) is 2. The zero-order chi connectivity index (χ0) is 28.3. The molecule has 7 nitrogen and oxygen atoms in total. The van der Waals surface area contributed by atoms with Gasteiger partial charge in [-0.3, -0.25) is 9.59 Å². The van der Waals surface area contributed by atoms with Gasteiger partial charge in [-0.2, -0.15) is 0 Å². The lowest BCUT2D eigenvalue weighted by Crippen LogP contribution is -2.44. The first kappa shape index (κ1) is 28.5. The molecule has 3 aromatic rings. The molecule has 4 rings (SSSR count). The molecule has 40 heavy (non-hydrogen) atoms. The first-order valence-corrected chi connectivity index (χ1v) is 13.4. The normalized spacial score (nSPS) is 14.6. The van der Waals surface area contributed by atoms with Crippen LogP contribution < -0.4 is 10.1 Å². The first-order chi connectivity index (χ1) is 19.4. The Hall–Kier alpha value is -4.46. The number of benzene rings is 3. The first-order valence-electron chi connectivity index (χ1n) is 13.4. The predicted molar refractivity (Wildman–Crippen MR) is 150 cm³/mol. The van der Waals surface area contributed by atoms with Crippen LogP contribution in [0.15, 0.2) is 84.9 Å². The molecule has 0 radical (unpaired) electrons. The van der Waals surface area contributed by atoms with Gasteiger partial charge in [0.1, 0.15) is 24.2 Å². The van der Waals surface area contributed by atoms with Crippen molar-refractivity contribution in [2.24, 2.45) is 5.92 Å². The molecule has 208 valence electrons. The number of likely N-dealkylation sites (tertiary alicyclic amines) is 1. The van der Waals surface area contributed by atoms with Crippen LogP contribution in [0.3, 0.4) is 0 Å². The van der Waals surface area contributed by atoms with Crippen LogP contribution in [0.25, 0.3) is 6.08 Å². The summed E-state index contributed by atoms with van der Waals surface area (Å²) in [6.07, 6.45) is 4.81. The summed E-state index contributed by atoms with van der Waals surface area (Å²) in [7, 11) is 0. The van der Waals surface area contributed by atoms with Gasteiger partial charge in [0.05, 0.1) is 0 Å². The Morgan fingerprint density at radius 2 is 1.62 bits per heavy atom. The van der Waals surface area contributed by atoms with Crippen molar-refractivity contribution in [3.05, 3.63) is 107 Å². The molecule has 1 heterocycles. The molecule has 2 N–H and O–H groups in total. The van der Waals surface area contributed by atoms with E-state index in [1.165, 1.54) is 18.2 Å². The predicted octanol–water partition coefficient (Wildman–Crippen LogP) is 4.86. The second-order valence-corrected chi connectivity index (χ2v) is 9.94. The Morgan fingerprint density at radius 3 is 2.27 bits per heavy atom. The Bertz CT molecular complexity index is 1300. The zero-order valence-corrected chi connectivity index (χ0v) is 22.2. The lowest BCUT2D eigenvalue weighted by atomic mass is 9.93. The highest BCUT2D eigenvalue weighted by Gasteiger charge is 2.26. The number of carbonyl (C=O) groups is 3. The summed E-state index contributed by atoms with van der Waals surface area (Å²) in [6, 6.07) is 21.8. The van der Waals surface area contributed by atoms with Gasteiger partial charge >= 0.3 is 5.97 Å². The van der Waals surface area contributed by atoms with Gasteiger partial charge in [-0.25, -0.2) is 9.18 Å². The number of rotatable bonds is 11. The van der Waals surface area contributed by atoms with Crippen LogP contribution in [-0.4, -0.2) is 46.9 Å². The number of nitrogens with one attached hydrogen (secondary N) is 1. The molecule has 0 saturated carbocycles. The van der Waals surface area contributed by atoms with E-state index in [1.807, 2.05) is 30.3 Å². The van der Waals surface area contributed by atoms with Crippen molar-refractivity contribution in [3.8, 4) is 5.75 Å². The van der Waals surface area contributed by atoms with Crippen molar-refractivity contribution in [1.29, 1.82) is 0 Å². The van der Waals surface area contributed by atoms with Crippen LogP contribution >= 0.6 is 0 Å². The monoisotopic (exact) mass is 544 g/mol. The lowest BCUT2D eigenvalue weighted by molar-refractivity contribution is -0.142. The number of halogens is 1. The van der Waals surface area contributed by atoms with E-state index in [2.05, 4.69) is 5.32 Å². The van der Waals surface area contributed by atoms with Crippen molar-refractivity contribution in [3.63, 3.8) is 0 Å². The molecule has 8 heteroatoms. The molecule has 0 bridgehead atoms. The van der Waals surface area contributed by atoms with Crippen molar-refractivity contribution < 1.29 is 28.6 Å². The maximum absolute atomic E-state index is 13.0. The van der Waals surface area contributed by atoms with E-state index in [9.17, 15) is 23.9 Å². The number of aliphatic carboxylic acids is 1. The fourth-order valence-electron chi connectivity index (χ4n) is 4.62. The molecule has 1 aliphatic rings. The van der Waals surface area contributed by atoms with Crippen molar-refractivity contribution in [1.82, 2.24) is 10.2 Å². The molecule has 1 aliphatic heterocycles. The fourth-order valence-corrected chi connectivity index (χ4v) is 4.62. The summed E-state index contributed by atoms with van der Waals surface area (Å²) in [6.45, 7) is 1.48. The SMILES string of the molecule is O=C(CC1CCN(C(=O)/C=C/c2ccc(F)cc2)CC1)NC(Cc1ccc(OCc2ccccc2)cc1)C(=O)O. The van der Waals surface area contributed by atoms with E-state index < -0.39 is 12.0 Å². The summed E-state index contributed by atoms with van der Waals surface area (Å²) in [5.41, 5.74) is 2.57. The maximum Gasteiger partial charge on any atom is 0.326 e. The van der Waals surface area contributed by atoms with Crippen LogP contribution in [-0.2, 0) is 27.4 Å². The number of piperidine rings is 1. The van der Waals surface area contributed by atoms with Gasteiger partial charge < -0.3 is 20.1 Å². The van der Waals surface area contributed by atoms with E-state index in [0.29, 0.717) is 38.3 Å². The number of hydrogen-bond acceptors (Lipinski definition) is 4. The molecule has 1 atom stereocenters. The highest BCUT2D eigenvalue weighted by atomic mass is 19.1. The summed E-state index contributed by atoms with van der Waals surface area (Å²) >= 11 is 0. The van der Waals surface area contributed by atoms with Crippen LogP contribution in [0, 0.1) is 11.7 Å². The molecule has 0 spiro atoms. The van der Waals surface area contributed by atoms with Gasteiger partial charge in [0.2, 0.25) is 11.8 Å². The third-order valence-electron chi connectivity index (χ3n) is 6.93. The summed E-state index contributed by atoms with van der Waals surface area (Å²) in [5.74, 6) is -1.11. The topological polar surface area (TPSA) is 95.9 Å². The van der Waals surface area contributed by atoms with E-state index in [4.69, 9.17) is 4.74 Å². The van der Waals surface area contributed by atoms with Crippen molar-refractivity contribution in [2.75, 3.05) is 13.1 Å². The third kappa shape index (κ3) is 8.80. The van der Waals surface area contributed by atoms with E-state index in [1.54, 1.807) is 47.4 Å². The molecular formula is C32H33FN2O5. The van der Waals surface area contributed by atoms with Crippen LogP contribution in [0.2, 0.25) is 0 Å². The molecular weight excluding hydrogens is 511 g/mol. The molecule has 1 unspecified atom stereocenters. The Labute approximate surface area is 233 Å². The average molecular weight is 545 g/mol. The number of carboxylic acid groups (broad SMARTS) is 1. The van der Waals surface area contributed by atoms with Crippen LogP contribution in [0.1, 0.15) is 36.0 Å². The smallest absolute Gasteiger partial charge is 0.326 e. The Kier molecular flexibility index (Phi) is 10.0. The second kappa shape index (κ2) is 14.1. The van der Waals surface area contributed by atoms with Gasteiger partial charge in [0.15, 0.2) is 0 Å². The van der Waals surface area contributed by atoms with E-state index in [0.717, 1.165) is 16.7 Å². The maximum atomic E-state index is 13.0. The third-order valence-corrected chi connectivity index (χ3v) is 6.93. The molecule has 0 aromatic heterocycles. The zero-order valence-electron chi connectivity index (χ0n) is 22.2. The fraction of sp³-hybridized carbons (Fsp3) is 0.281. The highest BCUT2D eigenvalue weighted by Crippen LogP contribution is 2.21. The molecule has 1 fully saturated rings. The number of carboxylic acids is 1. The van der Waals surface area contributed by atoms with Crippen LogP contribution in [0.4, 0.5) is 4.39 Å². The van der Waals surface area contributed by atoms with Gasteiger partial charge in [-0.15, -0.1) is 0 Å². The van der Waals surface area contributed by atoms with E-state index in [-0.39, 0.29) is 36.4 Å². The standard InChI is InChI=1S/C32H33FN2O5/c33-27-11-6-23(7-12-27)10-15-31(37)35-18-16-25(17-19-35)21-30(36)34-29(32(38)39)20-24-8-13-28(14-9-24)40-22-26-4-2-1-3-5-26/h1-15,25,29H,16-22H2,(H,34,36)(H,38,39)/b15-10+. The molecule has 3 aromatic carbocycles. The second-order valence-electron chi connectivity index (χ2n) is 9.94. The van der Waals surface area contributed by atoms with Crippen LogP contribution in [0.5, 0.6) is 5.75 Å². The lowest BCUT2D eigenvalue weighted by Gasteiger charge is -2.31. The Morgan fingerprint density at radius 1 is 0.950 bits per heavy atom. The number of carbonyl (C=O) groups excluding carboxylic acids is 2. The number of ether oxygens (including phenoxy) is 1. The quantitative estimate of drug-likeness (QED) is 0.336.